The molecule has 0 bridgehead atoms. The molecule has 1 atom stereocenters. The molecule has 1 aromatic heterocycles. The molecule has 0 radical (unpaired) electrons. The Balaban J connectivity index is 1.43. The normalized spacial score (nSPS) is 16.1. The number of ether oxygens (including phenoxy) is 1. The van der Waals surface area contributed by atoms with Crippen LogP contribution in [0.5, 0.6) is 5.75 Å². The third-order valence-electron chi connectivity index (χ3n) is 8.29. The van der Waals surface area contributed by atoms with Crippen molar-refractivity contribution in [2.75, 3.05) is 45.7 Å². The fourth-order valence-corrected chi connectivity index (χ4v) is 5.97. The number of fused-ring (bicyclic) bond motifs is 1. The van der Waals surface area contributed by atoms with Crippen LogP contribution in [-0.2, 0) is 11.2 Å². The van der Waals surface area contributed by atoms with E-state index in [1.807, 2.05) is 37.2 Å². The van der Waals surface area contributed by atoms with E-state index in [9.17, 15) is 28.2 Å². The number of carboxylic acids is 1. The van der Waals surface area contributed by atoms with Gasteiger partial charge in [-0.3, -0.25) is 9.78 Å². The van der Waals surface area contributed by atoms with Crippen molar-refractivity contribution in [3.05, 3.63) is 65.1 Å². The first-order valence-electron chi connectivity index (χ1n) is 13.9. The number of carboxylic acid groups (broad SMARTS) is 1. The number of nitrogens with zero attached hydrogens (tertiary/aromatic N) is 3. The van der Waals surface area contributed by atoms with Gasteiger partial charge in [-0.05, 0) is 93.4 Å². The molecule has 1 fully saturated rings. The quantitative estimate of drug-likeness (QED) is 0.268. The Morgan fingerprint density at radius 1 is 1.17 bits per heavy atom. The van der Waals surface area contributed by atoms with Crippen LogP contribution in [0, 0.1) is 22.9 Å². The second-order valence-electron chi connectivity index (χ2n) is 11.3. The lowest BCUT2D eigenvalue weighted by Crippen LogP contribution is -2.41. The summed E-state index contributed by atoms with van der Waals surface area (Å²) in [6.45, 7) is 1.92. The summed E-state index contributed by atoms with van der Waals surface area (Å²) in [5.41, 5.74) is 1.81. The molecule has 10 heteroatoms. The third kappa shape index (κ3) is 7.29. The Morgan fingerprint density at radius 2 is 1.90 bits per heavy atom. The summed E-state index contributed by atoms with van der Waals surface area (Å²) >= 11 is 0. The van der Waals surface area contributed by atoms with Gasteiger partial charge in [-0.1, -0.05) is 0 Å². The molecule has 0 aliphatic carbocycles. The highest BCUT2D eigenvalue weighted by molar-refractivity contribution is 5.88. The summed E-state index contributed by atoms with van der Waals surface area (Å²) in [6, 6.07) is 7.11. The number of aryl methyl sites for hydroxylation is 1. The number of halogens is 3. The summed E-state index contributed by atoms with van der Waals surface area (Å²) in [7, 11) is 5.36. The molecule has 2 N–H and O–H groups in total. The van der Waals surface area contributed by atoms with E-state index < -0.39 is 34.9 Å². The molecule has 0 spiro atoms. The summed E-state index contributed by atoms with van der Waals surface area (Å²) in [4.78, 5) is 20.5. The smallest absolute Gasteiger partial charge is 0.303 e. The minimum Gasteiger partial charge on any atom is -0.497 e. The summed E-state index contributed by atoms with van der Waals surface area (Å²) < 4.78 is 46.4. The van der Waals surface area contributed by atoms with Gasteiger partial charge < -0.3 is 24.7 Å². The lowest BCUT2D eigenvalue weighted by Gasteiger charge is -2.42. The predicted molar refractivity (Wildman–Crippen MR) is 152 cm³/mol. The van der Waals surface area contributed by atoms with Crippen molar-refractivity contribution in [3.63, 3.8) is 0 Å². The van der Waals surface area contributed by atoms with Gasteiger partial charge in [-0.2, -0.15) is 0 Å². The first kappa shape index (κ1) is 30.6. The molecule has 222 valence electrons. The van der Waals surface area contributed by atoms with Crippen LogP contribution in [0.4, 0.5) is 18.9 Å². The number of aromatic nitrogens is 1. The number of piperidine rings is 1. The number of hydrogen-bond acceptors (Lipinski definition) is 6. The van der Waals surface area contributed by atoms with Gasteiger partial charge in [0.2, 0.25) is 0 Å². The van der Waals surface area contributed by atoms with Crippen LogP contribution >= 0.6 is 0 Å². The largest absolute Gasteiger partial charge is 0.497 e. The van der Waals surface area contributed by atoms with Crippen LogP contribution in [-0.4, -0.2) is 66.9 Å². The number of aliphatic hydroxyl groups excluding tert-OH is 1. The van der Waals surface area contributed by atoms with Crippen molar-refractivity contribution in [1.29, 1.82) is 0 Å². The minimum absolute atomic E-state index is 0.00674. The van der Waals surface area contributed by atoms with Gasteiger partial charge in [0.1, 0.15) is 11.6 Å². The van der Waals surface area contributed by atoms with E-state index in [0.717, 1.165) is 28.2 Å². The van der Waals surface area contributed by atoms with Gasteiger partial charge in [0, 0.05) is 31.1 Å². The highest BCUT2D eigenvalue weighted by atomic mass is 19.2. The number of aliphatic hydroxyl groups is 1. The van der Waals surface area contributed by atoms with Crippen molar-refractivity contribution in [2.24, 2.45) is 5.41 Å². The molecule has 2 aromatic carbocycles. The molecule has 0 unspecified atom stereocenters. The van der Waals surface area contributed by atoms with Gasteiger partial charge in [0.15, 0.2) is 11.6 Å². The maximum Gasteiger partial charge on any atom is 0.303 e. The van der Waals surface area contributed by atoms with Crippen molar-refractivity contribution >= 4 is 22.6 Å². The molecular formula is C31H38F3N3O4. The van der Waals surface area contributed by atoms with Crippen LogP contribution in [0.1, 0.15) is 55.8 Å². The first-order valence-corrected chi connectivity index (χ1v) is 13.9. The number of pyridine rings is 1. The van der Waals surface area contributed by atoms with E-state index in [0.29, 0.717) is 63.6 Å². The molecule has 1 aliphatic rings. The van der Waals surface area contributed by atoms with Crippen molar-refractivity contribution < 1.29 is 32.9 Å². The van der Waals surface area contributed by atoms with Gasteiger partial charge in [0.25, 0.3) is 0 Å². The number of benzene rings is 2. The zero-order valence-electron chi connectivity index (χ0n) is 23.8. The first-order chi connectivity index (χ1) is 19.5. The maximum absolute atomic E-state index is 14.0. The number of rotatable bonds is 12. The molecule has 0 amide bonds. The lowest BCUT2D eigenvalue weighted by molar-refractivity contribution is -0.141. The SMILES string of the molecule is COc1ccc2ncc(N(C)C)c([C@@H](O)CCC3(CC(=O)O)CCN(CCCc4cc(F)cc(F)c4F)CC3)c2c1. The maximum atomic E-state index is 14.0. The van der Waals surface area contributed by atoms with E-state index >= 15 is 0 Å². The molecule has 2 heterocycles. The van der Waals surface area contributed by atoms with Crippen molar-refractivity contribution in [2.45, 2.75) is 51.0 Å². The van der Waals surface area contributed by atoms with E-state index in [1.165, 1.54) is 0 Å². The number of likely N-dealkylation sites (tertiary alicyclic amines) is 1. The van der Waals surface area contributed by atoms with Crippen LogP contribution in [0.3, 0.4) is 0 Å². The van der Waals surface area contributed by atoms with Crippen molar-refractivity contribution in [3.8, 4) is 5.75 Å². The second kappa shape index (κ2) is 13.1. The Kier molecular flexibility index (Phi) is 9.76. The molecule has 4 rings (SSSR count). The van der Waals surface area contributed by atoms with Gasteiger partial charge in [-0.15, -0.1) is 0 Å². The Labute approximate surface area is 238 Å². The van der Waals surface area contributed by atoms with E-state index in [1.54, 1.807) is 13.3 Å². The Bertz CT molecular complexity index is 1380. The number of methoxy groups -OCH3 is 1. The Hall–Kier alpha value is -3.37. The number of anilines is 1. The topological polar surface area (TPSA) is 86.1 Å². The predicted octanol–water partition coefficient (Wildman–Crippen LogP) is 5.73. The van der Waals surface area contributed by atoms with E-state index in [2.05, 4.69) is 9.88 Å². The summed E-state index contributed by atoms with van der Waals surface area (Å²) in [5.74, 6) is -3.21. The third-order valence-corrected chi connectivity index (χ3v) is 8.29. The van der Waals surface area contributed by atoms with E-state index in [-0.39, 0.29) is 18.4 Å². The molecule has 1 aliphatic heterocycles. The van der Waals surface area contributed by atoms with Crippen LogP contribution in [0.15, 0.2) is 36.5 Å². The molecular weight excluding hydrogens is 535 g/mol. The zero-order chi connectivity index (χ0) is 29.7. The summed E-state index contributed by atoms with van der Waals surface area (Å²) in [5, 5.41) is 22.0. The highest BCUT2D eigenvalue weighted by Gasteiger charge is 2.37. The molecule has 1 saturated heterocycles. The molecule has 3 aromatic rings. The lowest BCUT2D eigenvalue weighted by atomic mass is 9.71. The minimum atomic E-state index is -1.18. The summed E-state index contributed by atoms with van der Waals surface area (Å²) in [6.07, 6.45) is 3.84. The average molecular weight is 574 g/mol. The number of aliphatic carboxylic acids is 1. The van der Waals surface area contributed by atoms with Gasteiger partial charge in [-0.25, -0.2) is 13.2 Å². The highest BCUT2D eigenvalue weighted by Crippen LogP contribution is 2.43. The Morgan fingerprint density at radius 3 is 2.56 bits per heavy atom. The number of carbonyl (C=O) groups is 1. The monoisotopic (exact) mass is 573 g/mol. The second-order valence-corrected chi connectivity index (χ2v) is 11.3. The fraction of sp³-hybridized carbons (Fsp3) is 0.484. The van der Waals surface area contributed by atoms with Gasteiger partial charge in [0.05, 0.1) is 37.0 Å². The number of hydrogen-bond donors (Lipinski definition) is 2. The average Bonchev–Trinajstić information content (AvgIpc) is 2.94. The van der Waals surface area contributed by atoms with Crippen LogP contribution in [0.2, 0.25) is 0 Å². The van der Waals surface area contributed by atoms with Gasteiger partial charge >= 0.3 is 5.97 Å². The van der Waals surface area contributed by atoms with Crippen LogP contribution < -0.4 is 9.64 Å². The van der Waals surface area contributed by atoms with Crippen LogP contribution in [0.25, 0.3) is 10.9 Å². The molecule has 0 saturated carbocycles. The standard InChI is InChI=1S/C31H38F3N3O4/c1-36(2)26-19-35-25-7-6-22(41-3)17-23(25)29(26)27(38)8-9-31(18-28(39)40)10-13-37(14-11-31)12-4-5-20-15-21(32)16-24(33)30(20)34/h6-7,15-17,19,27,38H,4-5,8-14,18H2,1-3H3,(H,39,40)/t27-/m0/s1. The fourth-order valence-electron chi connectivity index (χ4n) is 5.97. The molecule has 41 heavy (non-hydrogen) atoms. The van der Waals surface area contributed by atoms with Crippen molar-refractivity contribution in [1.82, 2.24) is 9.88 Å². The zero-order valence-corrected chi connectivity index (χ0v) is 23.8. The molecule has 7 nitrogen and oxygen atoms in total. The van der Waals surface area contributed by atoms with E-state index in [4.69, 9.17) is 4.74 Å².